The lowest BCUT2D eigenvalue weighted by Gasteiger charge is -2.07. The van der Waals surface area contributed by atoms with Crippen molar-refractivity contribution in [3.05, 3.63) is 63.9 Å². The van der Waals surface area contributed by atoms with Gasteiger partial charge in [-0.25, -0.2) is 0 Å². The zero-order chi connectivity index (χ0) is 13.0. The molecule has 0 unspecified atom stereocenters. The molecule has 0 saturated heterocycles. The minimum Gasteiger partial charge on any atom is -0.258 e. The van der Waals surface area contributed by atoms with Crippen LogP contribution >= 0.6 is 15.9 Å². The van der Waals surface area contributed by atoms with Gasteiger partial charge in [0.15, 0.2) is 0 Å². The summed E-state index contributed by atoms with van der Waals surface area (Å²) in [6.07, 6.45) is 1.95. The fraction of sp³-hybridized carbons (Fsp3) is 0.312. The van der Waals surface area contributed by atoms with Crippen molar-refractivity contribution >= 4 is 15.9 Å². The van der Waals surface area contributed by atoms with Crippen LogP contribution in [0.15, 0.2) is 46.9 Å². The molecule has 1 aromatic heterocycles. The number of nitrogens with zero attached hydrogens (tertiary/aromatic N) is 1. The van der Waals surface area contributed by atoms with Crippen LogP contribution in [-0.4, -0.2) is 4.98 Å². The summed E-state index contributed by atoms with van der Waals surface area (Å²) in [4.78, 5) is 4.72. The summed E-state index contributed by atoms with van der Waals surface area (Å²) in [5.74, 6) is 0.653. The van der Waals surface area contributed by atoms with Crippen molar-refractivity contribution in [1.82, 2.24) is 4.98 Å². The second-order valence-electron chi connectivity index (χ2n) is 5.02. The molecular formula is C16H18BrN. The second kappa shape index (κ2) is 6.14. The van der Waals surface area contributed by atoms with Crippen molar-refractivity contribution in [2.75, 3.05) is 0 Å². The van der Waals surface area contributed by atoms with Crippen LogP contribution in [0.2, 0.25) is 0 Å². The Morgan fingerprint density at radius 3 is 2.33 bits per heavy atom. The number of hydrogen-bond acceptors (Lipinski definition) is 1. The first kappa shape index (κ1) is 13.3. The van der Waals surface area contributed by atoms with Crippen LogP contribution in [0, 0.1) is 5.92 Å². The van der Waals surface area contributed by atoms with Crippen LogP contribution in [0.25, 0.3) is 0 Å². The zero-order valence-corrected chi connectivity index (χ0v) is 12.4. The van der Waals surface area contributed by atoms with Crippen LogP contribution in [-0.2, 0) is 12.8 Å². The second-order valence-corrected chi connectivity index (χ2v) is 5.94. The minimum absolute atomic E-state index is 0.653. The third kappa shape index (κ3) is 3.95. The smallest absolute Gasteiger partial charge is 0.0450 e. The van der Waals surface area contributed by atoms with Gasteiger partial charge in [0.05, 0.1) is 0 Å². The van der Waals surface area contributed by atoms with Crippen molar-refractivity contribution in [2.45, 2.75) is 26.7 Å². The molecule has 0 fully saturated rings. The highest BCUT2D eigenvalue weighted by Gasteiger charge is 2.02. The molecule has 0 amide bonds. The van der Waals surface area contributed by atoms with E-state index in [2.05, 4.69) is 72.2 Å². The first-order valence-electron chi connectivity index (χ1n) is 6.33. The Hall–Kier alpha value is -1.15. The van der Waals surface area contributed by atoms with Crippen molar-refractivity contribution < 1.29 is 0 Å². The molecule has 1 aromatic carbocycles. The summed E-state index contributed by atoms with van der Waals surface area (Å²) in [6.45, 7) is 4.45. The van der Waals surface area contributed by atoms with Gasteiger partial charge < -0.3 is 0 Å². The normalized spacial score (nSPS) is 10.9. The number of halogens is 1. The van der Waals surface area contributed by atoms with Gasteiger partial charge in [-0.3, -0.25) is 4.98 Å². The molecule has 18 heavy (non-hydrogen) atoms. The monoisotopic (exact) mass is 303 g/mol. The third-order valence-electron chi connectivity index (χ3n) is 2.78. The van der Waals surface area contributed by atoms with E-state index in [0.29, 0.717) is 5.92 Å². The van der Waals surface area contributed by atoms with Gasteiger partial charge in [-0.1, -0.05) is 48.0 Å². The van der Waals surface area contributed by atoms with Gasteiger partial charge >= 0.3 is 0 Å². The summed E-state index contributed by atoms with van der Waals surface area (Å²) in [5.41, 5.74) is 3.64. The molecule has 2 heteroatoms. The van der Waals surface area contributed by atoms with E-state index >= 15 is 0 Å². The van der Waals surface area contributed by atoms with Gasteiger partial charge in [-0.05, 0) is 42.2 Å². The lowest BCUT2D eigenvalue weighted by Crippen LogP contribution is -2.00. The third-order valence-corrected chi connectivity index (χ3v) is 3.31. The Morgan fingerprint density at radius 1 is 1.00 bits per heavy atom. The Kier molecular flexibility index (Phi) is 4.54. The predicted molar refractivity (Wildman–Crippen MR) is 79.7 cm³/mol. The predicted octanol–water partition coefficient (Wildman–Crippen LogP) is 4.63. The molecule has 0 aliphatic rings. The van der Waals surface area contributed by atoms with Gasteiger partial charge in [0.25, 0.3) is 0 Å². The highest BCUT2D eigenvalue weighted by atomic mass is 79.9. The van der Waals surface area contributed by atoms with E-state index in [4.69, 9.17) is 4.98 Å². The van der Waals surface area contributed by atoms with Crippen molar-refractivity contribution in [2.24, 2.45) is 5.92 Å². The quantitative estimate of drug-likeness (QED) is 0.802. The molecule has 0 atom stereocenters. The topological polar surface area (TPSA) is 12.9 Å². The van der Waals surface area contributed by atoms with Crippen LogP contribution in [0.5, 0.6) is 0 Å². The van der Waals surface area contributed by atoms with E-state index in [1.165, 1.54) is 11.3 Å². The maximum atomic E-state index is 4.72. The van der Waals surface area contributed by atoms with E-state index in [9.17, 15) is 0 Å². The molecule has 0 aliphatic carbocycles. The molecule has 2 rings (SSSR count). The standard InChI is InChI=1S/C16H18BrN/c1-12(2)10-15-4-3-5-16(18-15)11-13-6-8-14(17)9-7-13/h3-9,12H,10-11H2,1-2H3. The molecule has 0 saturated carbocycles. The van der Waals surface area contributed by atoms with Crippen LogP contribution < -0.4 is 0 Å². The summed E-state index contributed by atoms with van der Waals surface area (Å²) in [5, 5.41) is 0. The average molecular weight is 304 g/mol. The number of benzene rings is 1. The van der Waals surface area contributed by atoms with E-state index in [1.54, 1.807) is 0 Å². The van der Waals surface area contributed by atoms with Crippen LogP contribution in [0.1, 0.15) is 30.8 Å². The fourth-order valence-electron chi connectivity index (χ4n) is 1.97. The molecule has 0 spiro atoms. The Labute approximate surface area is 117 Å². The first-order valence-corrected chi connectivity index (χ1v) is 7.12. The molecule has 94 valence electrons. The summed E-state index contributed by atoms with van der Waals surface area (Å²) < 4.78 is 1.12. The molecular weight excluding hydrogens is 286 g/mol. The largest absolute Gasteiger partial charge is 0.258 e. The average Bonchev–Trinajstić information content (AvgIpc) is 2.32. The van der Waals surface area contributed by atoms with E-state index in [-0.39, 0.29) is 0 Å². The summed E-state index contributed by atoms with van der Waals surface area (Å²) in [6, 6.07) is 14.8. The number of aromatic nitrogens is 1. The van der Waals surface area contributed by atoms with Gasteiger partial charge in [0.1, 0.15) is 0 Å². The van der Waals surface area contributed by atoms with Crippen LogP contribution in [0.4, 0.5) is 0 Å². The highest BCUT2D eigenvalue weighted by molar-refractivity contribution is 9.10. The molecule has 0 radical (unpaired) electrons. The Balaban J connectivity index is 2.11. The van der Waals surface area contributed by atoms with Gasteiger partial charge in [-0.2, -0.15) is 0 Å². The summed E-state index contributed by atoms with van der Waals surface area (Å²) >= 11 is 3.45. The molecule has 0 bridgehead atoms. The molecule has 1 nitrogen and oxygen atoms in total. The molecule has 0 aliphatic heterocycles. The van der Waals surface area contributed by atoms with E-state index < -0.39 is 0 Å². The maximum Gasteiger partial charge on any atom is 0.0450 e. The van der Waals surface area contributed by atoms with E-state index in [0.717, 1.165) is 23.0 Å². The summed E-state index contributed by atoms with van der Waals surface area (Å²) in [7, 11) is 0. The Morgan fingerprint density at radius 2 is 1.67 bits per heavy atom. The SMILES string of the molecule is CC(C)Cc1cccc(Cc2ccc(Br)cc2)n1. The zero-order valence-electron chi connectivity index (χ0n) is 10.9. The number of hydrogen-bond donors (Lipinski definition) is 0. The van der Waals surface area contributed by atoms with Crippen molar-refractivity contribution in [3.63, 3.8) is 0 Å². The van der Waals surface area contributed by atoms with Crippen molar-refractivity contribution in [1.29, 1.82) is 0 Å². The molecule has 2 aromatic rings. The minimum atomic E-state index is 0.653. The maximum absolute atomic E-state index is 4.72. The van der Waals surface area contributed by atoms with Crippen LogP contribution in [0.3, 0.4) is 0 Å². The highest BCUT2D eigenvalue weighted by Crippen LogP contribution is 2.14. The van der Waals surface area contributed by atoms with Gasteiger partial charge in [0.2, 0.25) is 0 Å². The van der Waals surface area contributed by atoms with E-state index in [1.807, 2.05) is 0 Å². The number of pyridine rings is 1. The lowest BCUT2D eigenvalue weighted by molar-refractivity contribution is 0.633. The van der Waals surface area contributed by atoms with Crippen molar-refractivity contribution in [3.8, 4) is 0 Å². The first-order chi connectivity index (χ1) is 8.63. The lowest BCUT2D eigenvalue weighted by atomic mass is 10.1. The Bertz CT molecular complexity index is 503. The van der Waals surface area contributed by atoms with Gasteiger partial charge in [0, 0.05) is 22.3 Å². The van der Waals surface area contributed by atoms with Gasteiger partial charge in [-0.15, -0.1) is 0 Å². The molecule has 0 N–H and O–H groups in total. The number of rotatable bonds is 4. The fourth-order valence-corrected chi connectivity index (χ4v) is 2.24. The molecule has 1 heterocycles.